The molecule has 0 saturated carbocycles. The maximum absolute atomic E-state index is 12.1. The quantitative estimate of drug-likeness (QED) is 0.388. The molecule has 0 heterocycles. The van der Waals surface area contributed by atoms with Crippen LogP contribution in [0.2, 0.25) is 0 Å². The van der Waals surface area contributed by atoms with Gasteiger partial charge in [-0.1, -0.05) is 0 Å². The molecule has 10 heteroatoms. The highest BCUT2D eigenvalue weighted by Crippen LogP contribution is 2.25. The molecule has 0 fully saturated rings. The largest absolute Gasteiger partial charge is 0.461 e. The molecule has 0 bridgehead atoms. The van der Waals surface area contributed by atoms with E-state index in [1.165, 1.54) is 17.0 Å². The lowest BCUT2D eigenvalue weighted by atomic mass is 10.2. The molecule has 0 atom stereocenters. The van der Waals surface area contributed by atoms with Crippen molar-refractivity contribution in [1.82, 2.24) is 0 Å². The van der Waals surface area contributed by atoms with Crippen LogP contribution in [0.1, 0.15) is 31.1 Å². The van der Waals surface area contributed by atoms with Crippen molar-refractivity contribution in [2.24, 2.45) is 0 Å². The third-order valence-corrected chi connectivity index (χ3v) is 4.33. The molecule has 0 aliphatic heterocycles. The number of nitrogens with zero attached hydrogens (tertiary/aromatic N) is 1. The zero-order valence-corrected chi connectivity index (χ0v) is 17.3. The Hall–Kier alpha value is -1.40. The summed E-state index contributed by atoms with van der Waals surface area (Å²) in [6.45, 7) is 4.83. The summed E-state index contributed by atoms with van der Waals surface area (Å²) in [5.74, 6) is -1.40. The highest BCUT2D eigenvalue weighted by Gasteiger charge is 2.22. The first-order valence-electron chi connectivity index (χ1n) is 7.19. The zero-order valence-electron chi connectivity index (χ0n) is 14.3. The molecular weight excluding hydrogens is 465 g/mol. The van der Waals surface area contributed by atoms with Crippen LogP contribution in [0.25, 0.3) is 0 Å². The van der Waals surface area contributed by atoms with Gasteiger partial charge in [-0.3, -0.25) is 9.45 Å². The minimum Gasteiger partial charge on any atom is -0.461 e. The summed E-state index contributed by atoms with van der Waals surface area (Å²) in [5.41, 5.74) is 0.110. The zero-order chi connectivity index (χ0) is 19.4. The third kappa shape index (κ3) is 7.57. The monoisotopic (exact) mass is 485 g/mol. The van der Waals surface area contributed by atoms with Crippen LogP contribution < -0.4 is 4.90 Å². The number of rotatable bonds is 5. The van der Waals surface area contributed by atoms with Crippen LogP contribution in [-0.4, -0.2) is 50.0 Å². The van der Waals surface area contributed by atoms with E-state index in [0.717, 1.165) is 0 Å². The molecule has 1 N–H and O–H groups in total. The summed E-state index contributed by atoms with van der Waals surface area (Å²) >= 11 is 1.96. The Morgan fingerprint density at radius 2 is 1.88 bits per heavy atom. The number of carbonyl (C=O) groups excluding carboxylic acids is 2. The molecule has 1 amide bonds. The van der Waals surface area contributed by atoms with Gasteiger partial charge in [0.25, 0.3) is 10.1 Å². The number of ether oxygens (including phenoxy) is 2. The van der Waals surface area contributed by atoms with Crippen molar-refractivity contribution in [3.63, 3.8) is 0 Å². The smallest absolute Gasteiger partial charge is 0.414 e. The topological polar surface area (TPSA) is 110 Å². The third-order valence-electron chi connectivity index (χ3n) is 2.79. The van der Waals surface area contributed by atoms with E-state index in [4.69, 9.17) is 14.0 Å². The van der Waals surface area contributed by atoms with E-state index in [1.807, 2.05) is 22.6 Å². The molecule has 140 valence electrons. The van der Waals surface area contributed by atoms with Gasteiger partial charge in [-0.05, 0) is 61.6 Å². The molecule has 0 unspecified atom stereocenters. The highest BCUT2D eigenvalue weighted by atomic mass is 127. The lowest BCUT2D eigenvalue weighted by molar-refractivity contribution is 0.0527. The Labute approximate surface area is 160 Å². The Kier molecular flexibility index (Phi) is 7.20. The molecule has 0 saturated heterocycles. The predicted molar refractivity (Wildman–Crippen MR) is 100 cm³/mol. The number of esters is 1. The number of halogens is 1. The van der Waals surface area contributed by atoms with E-state index in [0.29, 0.717) is 9.26 Å². The Bertz CT molecular complexity index is 756. The van der Waals surface area contributed by atoms with E-state index < -0.39 is 40.1 Å². The molecule has 1 aromatic carbocycles. The summed E-state index contributed by atoms with van der Waals surface area (Å²) in [7, 11) is -2.64. The van der Waals surface area contributed by atoms with Crippen molar-refractivity contribution in [2.75, 3.05) is 24.3 Å². The van der Waals surface area contributed by atoms with Crippen molar-refractivity contribution in [1.29, 1.82) is 0 Å². The summed E-state index contributed by atoms with van der Waals surface area (Å²) in [6.07, 6.45) is -0.533. The second-order valence-corrected chi connectivity index (χ2v) is 8.86. The maximum Gasteiger partial charge on any atom is 0.414 e. The van der Waals surface area contributed by atoms with E-state index in [1.54, 1.807) is 33.9 Å². The first kappa shape index (κ1) is 21.6. The lowest BCUT2D eigenvalue weighted by Crippen LogP contribution is -2.34. The first-order valence-corrected chi connectivity index (χ1v) is 9.87. The van der Waals surface area contributed by atoms with E-state index in [9.17, 15) is 18.0 Å². The number of anilines is 1. The summed E-state index contributed by atoms with van der Waals surface area (Å²) in [5, 5.41) is 0. The average Bonchev–Trinajstić information content (AvgIpc) is 2.43. The average molecular weight is 485 g/mol. The number of carbonyl (C=O) groups is 2. The van der Waals surface area contributed by atoms with Gasteiger partial charge in [0.15, 0.2) is 0 Å². The van der Waals surface area contributed by atoms with Gasteiger partial charge in [0.2, 0.25) is 0 Å². The molecule has 0 radical (unpaired) electrons. The van der Waals surface area contributed by atoms with Gasteiger partial charge in [-0.25, -0.2) is 9.59 Å². The highest BCUT2D eigenvalue weighted by molar-refractivity contribution is 14.1. The molecule has 25 heavy (non-hydrogen) atoms. The minimum absolute atomic E-state index is 0.195. The summed E-state index contributed by atoms with van der Waals surface area (Å²) < 4.78 is 40.5. The van der Waals surface area contributed by atoms with Crippen LogP contribution >= 0.6 is 22.6 Å². The van der Waals surface area contributed by atoms with Gasteiger partial charge in [-0.2, -0.15) is 8.42 Å². The van der Waals surface area contributed by atoms with Crippen LogP contribution in [-0.2, 0) is 19.6 Å². The van der Waals surface area contributed by atoms with Crippen molar-refractivity contribution in [2.45, 2.75) is 26.4 Å². The van der Waals surface area contributed by atoms with E-state index >= 15 is 0 Å². The van der Waals surface area contributed by atoms with Crippen molar-refractivity contribution in [3.05, 3.63) is 27.3 Å². The molecule has 0 aliphatic carbocycles. The molecule has 8 nitrogen and oxygen atoms in total. The van der Waals surface area contributed by atoms with Gasteiger partial charge in [0, 0.05) is 10.6 Å². The molecular formula is C15H20INO7S. The molecule has 0 spiro atoms. The second-order valence-electron chi connectivity index (χ2n) is 6.13. The van der Waals surface area contributed by atoms with E-state index in [-0.39, 0.29) is 5.56 Å². The van der Waals surface area contributed by atoms with E-state index in [2.05, 4.69) is 0 Å². The van der Waals surface area contributed by atoms with Crippen molar-refractivity contribution >= 4 is 50.5 Å². The number of hydrogen-bond acceptors (Lipinski definition) is 6. The molecule has 0 aromatic heterocycles. The van der Waals surface area contributed by atoms with Crippen LogP contribution in [0, 0.1) is 3.57 Å². The van der Waals surface area contributed by atoms with Gasteiger partial charge in [0.1, 0.15) is 18.0 Å². The fourth-order valence-electron chi connectivity index (χ4n) is 1.66. The molecule has 1 aromatic rings. The van der Waals surface area contributed by atoms with Crippen LogP contribution in [0.3, 0.4) is 0 Å². The molecule has 0 aliphatic rings. The Morgan fingerprint density at radius 1 is 1.28 bits per heavy atom. The van der Waals surface area contributed by atoms with Crippen LogP contribution in [0.4, 0.5) is 10.5 Å². The Morgan fingerprint density at radius 3 is 2.36 bits per heavy atom. The summed E-state index contributed by atoms with van der Waals surface area (Å²) in [4.78, 5) is 25.3. The molecule has 1 rings (SSSR count). The SMILES string of the molecule is CN(C(=O)OC(C)(C)C)c1ccc(C(=O)OCCS(=O)(=O)O)cc1I. The predicted octanol–water partition coefficient (Wildman–Crippen LogP) is 2.71. The van der Waals surface area contributed by atoms with Crippen LogP contribution in [0.5, 0.6) is 0 Å². The van der Waals surface area contributed by atoms with Gasteiger partial charge < -0.3 is 9.47 Å². The number of hydrogen-bond donors (Lipinski definition) is 1. The fourth-order valence-corrected chi connectivity index (χ4v) is 2.83. The standard InChI is InChI=1S/C15H20INO7S/c1-15(2,3)24-14(19)17(4)12-6-5-10(9-11(12)16)13(18)23-7-8-25(20,21)22/h5-6,9H,7-8H2,1-4H3,(H,20,21,22). The lowest BCUT2D eigenvalue weighted by Gasteiger charge is -2.25. The first-order chi connectivity index (χ1) is 11.3. The normalized spacial score (nSPS) is 11.8. The van der Waals surface area contributed by atoms with Crippen molar-refractivity contribution in [3.8, 4) is 0 Å². The van der Waals surface area contributed by atoms with Crippen LogP contribution in [0.15, 0.2) is 18.2 Å². The summed E-state index contributed by atoms with van der Waals surface area (Å²) in [6, 6.07) is 4.52. The van der Waals surface area contributed by atoms with Gasteiger partial charge in [-0.15, -0.1) is 0 Å². The minimum atomic E-state index is -4.19. The van der Waals surface area contributed by atoms with Crippen molar-refractivity contribution < 1.29 is 32.0 Å². The number of amides is 1. The maximum atomic E-state index is 12.1. The van der Waals surface area contributed by atoms with Gasteiger partial charge in [0.05, 0.1) is 11.3 Å². The van der Waals surface area contributed by atoms with Gasteiger partial charge >= 0.3 is 12.1 Å². The number of benzene rings is 1. The Balaban J connectivity index is 2.82. The second kappa shape index (κ2) is 8.32. The fraction of sp³-hybridized carbons (Fsp3) is 0.467.